The Balaban J connectivity index is 0.00000400. The predicted octanol–water partition coefficient (Wildman–Crippen LogP) is 3.06. The molecule has 0 saturated heterocycles. The molecule has 1 rings (SSSR count). The molecule has 0 amide bonds. The van der Waals surface area contributed by atoms with Crippen LogP contribution in [-0.4, -0.2) is 45.3 Å². The number of aliphatic imine (C=N–C) groups is 1. The first kappa shape index (κ1) is 20.2. The van der Waals surface area contributed by atoms with Crippen LogP contribution < -0.4 is 20.1 Å². The zero-order valence-electron chi connectivity index (χ0n) is 12.9. The Labute approximate surface area is 148 Å². The van der Waals surface area contributed by atoms with Gasteiger partial charge in [0.15, 0.2) is 17.5 Å². The van der Waals surface area contributed by atoms with E-state index in [1.165, 1.54) is 0 Å². The number of ether oxygens (including phenoxy) is 2. The Bertz CT molecular complexity index is 444. The number of methoxy groups -OCH3 is 2. The molecule has 0 atom stereocenters. The van der Waals surface area contributed by atoms with Gasteiger partial charge in [0.2, 0.25) is 0 Å². The molecule has 0 aliphatic carbocycles. The lowest BCUT2D eigenvalue weighted by molar-refractivity contribution is 0.355. The van der Waals surface area contributed by atoms with Crippen molar-refractivity contribution in [2.45, 2.75) is 6.92 Å². The molecule has 1 aromatic rings. The minimum absolute atomic E-state index is 0. The Hall–Kier alpha value is -0.830. The van der Waals surface area contributed by atoms with Crippen molar-refractivity contribution < 1.29 is 9.47 Å². The summed E-state index contributed by atoms with van der Waals surface area (Å²) in [6, 6.07) is 5.69. The molecule has 0 radical (unpaired) electrons. The fraction of sp³-hybridized carbons (Fsp3) is 0.500. The van der Waals surface area contributed by atoms with Crippen LogP contribution in [0.25, 0.3) is 0 Å². The molecule has 0 saturated carbocycles. The summed E-state index contributed by atoms with van der Waals surface area (Å²) in [7, 11) is 3.25. The molecule has 0 aliphatic rings. The maximum atomic E-state index is 5.29. The minimum atomic E-state index is 0. The molecule has 0 unspecified atom stereocenters. The fourth-order valence-electron chi connectivity index (χ4n) is 1.61. The van der Waals surface area contributed by atoms with E-state index in [0.717, 1.165) is 30.5 Å². The van der Waals surface area contributed by atoms with E-state index in [1.54, 1.807) is 26.0 Å². The van der Waals surface area contributed by atoms with E-state index < -0.39 is 0 Å². The van der Waals surface area contributed by atoms with E-state index in [-0.39, 0.29) is 24.0 Å². The Kier molecular flexibility index (Phi) is 11.3. The largest absolute Gasteiger partial charge is 0.493 e. The van der Waals surface area contributed by atoms with Crippen LogP contribution in [0.1, 0.15) is 6.92 Å². The molecular formula is C14H24IN3O2S. The number of hydrogen-bond acceptors (Lipinski definition) is 4. The van der Waals surface area contributed by atoms with E-state index in [2.05, 4.69) is 21.9 Å². The third-order valence-electron chi connectivity index (χ3n) is 2.56. The van der Waals surface area contributed by atoms with Gasteiger partial charge < -0.3 is 20.1 Å². The Morgan fingerprint density at radius 2 is 1.95 bits per heavy atom. The molecule has 0 fully saturated rings. The lowest BCUT2D eigenvalue weighted by atomic mass is 10.3. The number of anilines is 1. The van der Waals surface area contributed by atoms with Gasteiger partial charge in [0, 0.05) is 24.1 Å². The summed E-state index contributed by atoms with van der Waals surface area (Å²) in [5.41, 5.74) is 0.909. The second-order valence-electron chi connectivity index (χ2n) is 3.95. The van der Waals surface area contributed by atoms with Crippen LogP contribution in [0, 0.1) is 0 Å². The van der Waals surface area contributed by atoms with Gasteiger partial charge >= 0.3 is 0 Å². The van der Waals surface area contributed by atoms with Crippen molar-refractivity contribution in [3.05, 3.63) is 18.2 Å². The van der Waals surface area contributed by atoms with Crippen LogP contribution in [0.15, 0.2) is 23.2 Å². The monoisotopic (exact) mass is 425 g/mol. The lowest BCUT2D eigenvalue weighted by Crippen LogP contribution is -2.30. The quantitative estimate of drug-likeness (QED) is 0.305. The van der Waals surface area contributed by atoms with Gasteiger partial charge in [0.05, 0.1) is 20.8 Å². The number of benzene rings is 1. The maximum Gasteiger partial charge on any atom is 0.195 e. The van der Waals surface area contributed by atoms with E-state index in [1.807, 2.05) is 25.1 Å². The first-order valence-corrected chi connectivity index (χ1v) is 7.90. The third kappa shape index (κ3) is 7.12. The fourth-order valence-corrected chi connectivity index (χ4v) is 1.88. The van der Waals surface area contributed by atoms with Crippen molar-refractivity contribution in [3.8, 4) is 11.5 Å². The summed E-state index contributed by atoms with van der Waals surface area (Å²) in [6.07, 6.45) is 2.07. The highest BCUT2D eigenvalue weighted by molar-refractivity contribution is 14.0. The maximum absolute atomic E-state index is 5.29. The average molecular weight is 425 g/mol. The minimum Gasteiger partial charge on any atom is -0.493 e. The summed E-state index contributed by atoms with van der Waals surface area (Å²) < 4.78 is 10.5. The number of nitrogens with zero attached hydrogens (tertiary/aromatic N) is 1. The van der Waals surface area contributed by atoms with Gasteiger partial charge in [0.1, 0.15) is 0 Å². The van der Waals surface area contributed by atoms with Crippen LogP contribution in [-0.2, 0) is 0 Å². The SMILES string of the molecule is CCNC(=NCCSC)Nc1ccc(OC)c(OC)c1.I. The molecule has 21 heavy (non-hydrogen) atoms. The third-order valence-corrected chi connectivity index (χ3v) is 3.15. The van der Waals surface area contributed by atoms with Crippen LogP contribution in [0.5, 0.6) is 11.5 Å². The van der Waals surface area contributed by atoms with Gasteiger partial charge in [0.25, 0.3) is 0 Å². The van der Waals surface area contributed by atoms with Crippen LogP contribution in [0.3, 0.4) is 0 Å². The van der Waals surface area contributed by atoms with E-state index in [4.69, 9.17) is 9.47 Å². The highest BCUT2D eigenvalue weighted by Crippen LogP contribution is 2.29. The highest BCUT2D eigenvalue weighted by Gasteiger charge is 2.05. The second-order valence-corrected chi connectivity index (χ2v) is 4.93. The number of nitrogens with one attached hydrogen (secondary N) is 2. The average Bonchev–Trinajstić information content (AvgIpc) is 2.47. The van der Waals surface area contributed by atoms with E-state index in [9.17, 15) is 0 Å². The number of guanidine groups is 1. The molecule has 0 bridgehead atoms. The van der Waals surface area contributed by atoms with Crippen molar-refractivity contribution in [3.63, 3.8) is 0 Å². The molecule has 0 spiro atoms. The number of halogens is 1. The zero-order valence-corrected chi connectivity index (χ0v) is 16.1. The smallest absolute Gasteiger partial charge is 0.195 e. The van der Waals surface area contributed by atoms with Crippen LogP contribution >= 0.6 is 35.7 Å². The van der Waals surface area contributed by atoms with Crippen molar-refractivity contribution in [2.24, 2.45) is 4.99 Å². The van der Waals surface area contributed by atoms with Gasteiger partial charge in [-0.15, -0.1) is 24.0 Å². The van der Waals surface area contributed by atoms with Crippen molar-refractivity contribution in [1.82, 2.24) is 5.32 Å². The zero-order chi connectivity index (χ0) is 14.8. The molecule has 5 nitrogen and oxygen atoms in total. The Morgan fingerprint density at radius 3 is 2.52 bits per heavy atom. The second kappa shape index (κ2) is 11.8. The van der Waals surface area contributed by atoms with Crippen molar-refractivity contribution >= 4 is 47.4 Å². The number of rotatable bonds is 7. The van der Waals surface area contributed by atoms with Crippen LogP contribution in [0.2, 0.25) is 0 Å². The summed E-state index contributed by atoms with van der Waals surface area (Å²) >= 11 is 1.78. The van der Waals surface area contributed by atoms with E-state index in [0.29, 0.717) is 11.5 Å². The molecule has 0 aliphatic heterocycles. The summed E-state index contributed by atoms with van der Waals surface area (Å²) in [5, 5.41) is 6.47. The van der Waals surface area contributed by atoms with Crippen LogP contribution in [0.4, 0.5) is 5.69 Å². The number of thioether (sulfide) groups is 1. The highest BCUT2D eigenvalue weighted by atomic mass is 127. The molecule has 7 heteroatoms. The van der Waals surface area contributed by atoms with Gasteiger partial charge in [-0.2, -0.15) is 11.8 Å². The predicted molar refractivity (Wildman–Crippen MR) is 103 cm³/mol. The standard InChI is InChI=1S/C14H23N3O2S.HI/c1-5-15-14(16-8-9-20-4)17-11-6-7-12(18-2)13(10-11)19-3;/h6-7,10H,5,8-9H2,1-4H3,(H2,15,16,17);1H. The first-order chi connectivity index (χ1) is 9.74. The summed E-state index contributed by atoms with van der Waals surface area (Å²) in [4.78, 5) is 4.50. The summed E-state index contributed by atoms with van der Waals surface area (Å²) in [6.45, 7) is 3.64. The van der Waals surface area contributed by atoms with Gasteiger partial charge in [-0.3, -0.25) is 4.99 Å². The van der Waals surface area contributed by atoms with Crippen molar-refractivity contribution in [1.29, 1.82) is 0 Å². The normalized spacial score (nSPS) is 10.6. The molecule has 2 N–H and O–H groups in total. The van der Waals surface area contributed by atoms with Gasteiger partial charge in [-0.05, 0) is 25.3 Å². The molecule has 0 heterocycles. The van der Waals surface area contributed by atoms with Gasteiger partial charge in [-0.25, -0.2) is 0 Å². The Morgan fingerprint density at radius 1 is 1.24 bits per heavy atom. The molecular weight excluding hydrogens is 401 g/mol. The molecule has 120 valence electrons. The number of hydrogen-bond donors (Lipinski definition) is 2. The lowest BCUT2D eigenvalue weighted by Gasteiger charge is -2.13. The van der Waals surface area contributed by atoms with Gasteiger partial charge in [-0.1, -0.05) is 0 Å². The van der Waals surface area contributed by atoms with E-state index >= 15 is 0 Å². The molecule has 1 aromatic carbocycles. The topological polar surface area (TPSA) is 54.9 Å². The first-order valence-electron chi connectivity index (χ1n) is 6.51. The summed E-state index contributed by atoms with van der Waals surface area (Å²) in [5.74, 6) is 3.18. The molecule has 0 aromatic heterocycles. The van der Waals surface area contributed by atoms with Crippen molar-refractivity contribution in [2.75, 3.05) is 44.6 Å².